The number of halogens is 6. The Balaban J connectivity index is 2.87. The number of carbonyl (C=O) groups excluding carboxylic acids is 1. The van der Waals surface area contributed by atoms with E-state index in [4.69, 9.17) is 0 Å². The smallest absolute Gasteiger partial charge is 0.296 e. The van der Waals surface area contributed by atoms with Gasteiger partial charge in [-0.05, 0) is 0 Å². The summed E-state index contributed by atoms with van der Waals surface area (Å²) in [5.74, 6) is -13.8. The molecule has 1 heterocycles. The summed E-state index contributed by atoms with van der Waals surface area (Å²) in [5.41, 5.74) is 0. The third-order valence-electron chi connectivity index (χ3n) is 1.63. The van der Waals surface area contributed by atoms with E-state index in [0.717, 1.165) is 6.20 Å². The highest BCUT2D eigenvalue weighted by Gasteiger charge is 2.67. The minimum absolute atomic E-state index is 0.389. The van der Waals surface area contributed by atoms with Gasteiger partial charge in [0, 0.05) is 11.6 Å². The average molecular weight is 278 g/mol. The lowest BCUT2D eigenvalue weighted by Gasteiger charge is -2.23. The van der Waals surface area contributed by atoms with Crippen LogP contribution in [0.3, 0.4) is 0 Å². The first-order valence-corrected chi connectivity index (χ1v) is 4.82. The van der Waals surface area contributed by atoms with Gasteiger partial charge in [0.25, 0.3) is 0 Å². The molecule has 0 unspecified atom stereocenters. The maximum Gasteiger partial charge on any atom is 0.392 e. The molecule has 0 fully saturated rings. The van der Waals surface area contributed by atoms with Gasteiger partial charge in [-0.1, -0.05) is 0 Å². The van der Waals surface area contributed by atoms with Gasteiger partial charge in [-0.25, -0.2) is 13.8 Å². The molecule has 0 aliphatic rings. The predicted octanol–water partition coefficient (Wildman–Crippen LogP) is 2.62. The number of hydrogen-bond acceptors (Lipinski definition) is 3. The van der Waals surface area contributed by atoms with E-state index in [1.165, 1.54) is 10.7 Å². The lowest BCUT2D eigenvalue weighted by Crippen LogP contribution is -2.53. The SMILES string of the molecule is O=C(Nc1nccs1)C(F)(F)C(F)(F)C(F)F. The maximum atomic E-state index is 12.8. The zero-order chi connectivity index (χ0) is 13.3. The van der Waals surface area contributed by atoms with E-state index in [1.807, 2.05) is 0 Å². The van der Waals surface area contributed by atoms with Crippen molar-refractivity contribution in [1.29, 1.82) is 0 Å². The molecule has 0 bridgehead atoms. The summed E-state index contributed by atoms with van der Waals surface area (Å²) in [6.07, 6.45) is -3.54. The summed E-state index contributed by atoms with van der Waals surface area (Å²) in [6, 6.07) is 0. The third-order valence-corrected chi connectivity index (χ3v) is 2.32. The second-order valence-electron chi connectivity index (χ2n) is 2.79. The lowest BCUT2D eigenvalue weighted by molar-refractivity contribution is -0.251. The molecule has 0 saturated carbocycles. The van der Waals surface area contributed by atoms with Gasteiger partial charge in [-0.3, -0.25) is 10.1 Å². The molecule has 0 atom stereocenters. The average Bonchev–Trinajstić information content (AvgIpc) is 2.69. The van der Waals surface area contributed by atoms with E-state index in [9.17, 15) is 31.1 Å². The Kier molecular flexibility index (Phi) is 3.65. The summed E-state index contributed by atoms with van der Waals surface area (Å²) in [5, 5.41) is 2.22. The molecule has 10 heteroatoms. The fourth-order valence-corrected chi connectivity index (χ4v) is 1.27. The third kappa shape index (κ3) is 2.51. The Morgan fingerprint density at radius 2 is 1.94 bits per heavy atom. The number of alkyl halides is 6. The molecular weight excluding hydrogens is 274 g/mol. The van der Waals surface area contributed by atoms with Crippen LogP contribution in [0, 0.1) is 0 Å². The van der Waals surface area contributed by atoms with Crippen LogP contribution in [-0.2, 0) is 4.79 Å². The molecule has 0 aliphatic carbocycles. The lowest BCUT2D eigenvalue weighted by atomic mass is 10.1. The van der Waals surface area contributed by atoms with Crippen molar-refractivity contribution < 1.29 is 31.1 Å². The number of carbonyl (C=O) groups is 1. The van der Waals surface area contributed by atoms with Crippen LogP contribution in [0.25, 0.3) is 0 Å². The Morgan fingerprint density at radius 3 is 2.35 bits per heavy atom. The number of thiazole rings is 1. The highest BCUT2D eigenvalue weighted by molar-refractivity contribution is 7.13. The van der Waals surface area contributed by atoms with Gasteiger partial charge in [-0.15, -0.1) is 11.3 Å². The van der Waals surface area contributed by atoms with E-state index in [-0.39, 0.29) is 5.13 Å². The monoisotopic (exact) mass is 278 g/mol. The van der Waals surface area contributed by atoms with Gasteiger partial charge < -0.3 is 0 Å². The molecule has 0 aliphatic heterocycles. The molecule has 1 amide bonds. The van der Waals surface area contributed by atoms with E-state index >= 15 is 0 Å². The van der Waals surface area contributed by atoms with Gasteiger partial charge in [0.05, 0.1) is 0 Å². The largest absolute Gasteiger partial charge is 0.392 e. The number of anilines is 1. The van der Waals surface area contributed by atoms with Gasteiger partial charge in [0.15, 0.2) is 5.13 Å². The maximum absolute atomic E-state index is 12.8. The zero-order valence-electron chi connectivity index (χ0n) is 7.76. The van der Waals surface area contributed by atoms with Gasteiger partial charge >= 0.3 is 24.2 Å². The van der Waals surface area contributed by atoms with Crippen LogP contribution in [0.1, 0.15) is 0 Å². The first-order valence-electron chi connectivity index (χ1n) is 3.94. The first kappa shape index (κ1) is 13.7. The van der Waals surface area contributed by atoms with E-state index in [2.05, 4.69) is 4.98 Å². The molecule has 0 radical (unpaired) electrons. The quantitative estimate of drug-likeness (QED) is 0.860. The minimum atomic E-state index is -5.74. The second kappa shape index (κ2) is 4.51. The number of nitrogens with zero attached hydrogens (tertiary/aromatic N) is 1. The molecule has 3 nitrogen and oxygen atoms in total. The number of hydrogen-bond donors (Lipinski definition) is 1. The van der Waals surface area contributed by atoms with Crippen molar-refractivity contribution in [3.8, 4) is 0 Å². The molecule has 1 rings (SSSR count). The topological polar surface area (TPSA) is 42.0 Å². The number of nitrogens with one attached hydrogen (secondary N) is 1. The van der Waals surface area contributed by atoms with Crippen LogP contribution in [0.5, 0.6) is 0 Å². The molecule has 0 spiro atoms. The van der Waals surface area contributed by atoms with Crippen molar-refractivity contribution in [3.63, 3.8) is 0 Å². The van der Waals surface area contributed by atoms with Crippen molar-refractivity contribution in [2.24, 2.45) is 0 Å². The highest BCUT2D eigenvalue weighted by atomic mass is 32.1. The standard InChI is InChI=1S/C7H4F6N2OS/c8-3(9)6(10,11)7(12,13)4(16)15-5-14-1-2-17-5/h1-3H,(H,14,15,16). The molecule has 96 valence electrons. The predicted molar refractivity (Wildman–Crippen MR) is 46.6 cm³/mol. The molecular formula is C7H4F6N2OS. The van der Waals surface area contributed by atoms with Crippen LogP contribution < -0.4 is 5.32 Å². The van der Waals surface area contributed by atoms with E-state index < -0.39 is 24.2 Å². The van der Waals surface area contributed by atoms with Crippen LogP contribution in [0.15, 0.2) is 11.6 Å². The van der Waals surface area contributed by atoms with Gasteiger partial charge in [0.1, 0.15) is 0 Å². The molecule has 17 heavy (non-hydrogen) atoms. The van der Waals surface area contributed by atoms with Crippen LogP contribution in [0.4, 0.5) is 31.5 Å². The summed E-state index contributed by atoms with van der Waals surface area (Å²) in [7, 11) is 0. The molecule has 0 aromatic carbocycles. The first-order chi connectivity index (χ1) is 7.69. The number of rotatable bonds is 4. The Hall–Kier alpha value is -1.32. The Morgan fingerprint density at radius 1 is 1.35 bits per heavy atom. The van der Waals surface area contributed by atoms with Crippen LogP contribution in [0.2, 0.25) is 0 Å². The molecule has 1 aromatic heterocycles. The number of amides is 1. The van der Waals surface area contributed by atoms with Crippen molar-refractivity contribution in [1.82, 2.24) is 4.98 Å². The summed E-state index contributed by atoms with van der Waals surface area (Å²) < 4.78 is 73.8. The highest BCUT2D eigenvalue weighted by Crippen LogP contribution is 2.39. The van der Waals surface area contributed by atoms with Crippen molar-refractivity contribution in [2.45, 2.75) is 18.3 Å². The van der Waals surface area contributed by atoms with Crippen molar-refractivity contribution in [2.75, 3.05) is 5.32 Å². The number of aromatic nitrogens is 1. The summed E-state index contributed by atoms with van der Waals surface area (Å²) in [6.45, 7) is 0. The summed E-state index contributed by atoms with van der Waals surface area (Å²) >= 11 is 0.678. The fourth-order valence-electron chi connectivity index (χ4n) is 0.749. The van der Waals surface area contributed by atoms with Crippen LogP contribution >= 0.6 is 11.3 Å². The van der Waals surface area contributed by atoms with E-state index in [0.29, 0.717) is 11.3 Å². The van der Waals surface area contributed by atoms with Crippen molar-refractivity contribution in [3.05, 3.63) is 11.6 Å². The van der Waals surface area contributed by atoms with Crippen molar-refractivity contribution >= 4 is 22.4 Å². The Labute approximate surface area is 94.5 Å². The summed E-state index contributed by atoms with van der Waals surface area (Å²) in [4.78, 5) is 14.1. The van der Waals surface area contributed by atoms with Gasteiger partial charge in [-0.2, -0.15) is 17.6 Å². The second-order valence-corrected chi connectivity index (χ2v) is 3.68. The normalized spacial score (nSPS) is 12.9. The Bertz CT molecular complexity index is 393. The molecule has 0 saturated heterocycles. The zero-order valence-corrected chi connectivity index (χ0v) is 8.58. The molecule has 1 N–H and O–H groups in total. The minimum Gasteiger partial charge on any atom is -0.296 e. The van der Waals surface area contributed by atoms with Gasteiger partial charge in [0.2, 0.25) is 0 Å². The van der Waals surface area contributed by atoms with Crippen LogP contribution in [-0.4, -0.2) is 29.2 Å². The molecule has 1 aromatic rings. The van der Waals surface area contributed by atoms with E-state index in [1.54, 1.807) is 0 Å². The fraction of sp³-hybridized carbons (Fsp3) is 0.429.